The van der Waals surface area contributed by atoms with Crippen molar-refractivity contribution in [2.24, 2.45) is 0 Å². The molecular weight excluding hydrogens is 506 g/mol. The molecule has 38 heavy (non-hydrogen) atoms. The number of nitrogens with one attached hydrogen (secondary N) is 1. The molecule has 1 saturated heterocycles. The number of amides is 1. The molecule has 0 radical (unpaired) electrons. The van der Waals surface area contributed by atoms with Gasteiger partial charge in [-0.2, -0.15) is 13.2 Å². The minimum absolute atomic E-state index is 0.00342. The van der Waals surface area contributed by atoms with Crippen LogP contribution < -0.4 is 5.32 Å². The fourth-order valence-electron chi connectivity index (χ4n) is 5.08. The molecule has 0 bridgehead atoms. The van der Waals surface area contributed by atoms with E-state index in [1.54, 1.807) is 32.0 Å². The molecule has 1 unspecified atom stereocenters. The zero-order chi connectivity index (χ0) is 27.1. The van der Waals surface area contributed by atoms with Crippen molar-refractivity contribution >= 4 is 5.91 Å². The van der Waals surface area contributed by atoms with Crippen LogP contribution in [0.15, 0.2) is 48.5 Å². The number of carbonyl (C=O) groups excluding carboxylic acids is 1. The van der Waals surface area contributed by atoms with E-state index in [2.05, 4.69) is 5.32 Å². The molecular formula is C28H31F4NO5. The van der Waals surface area contributed by atoms with Crippen molar-refractivity contribution in [3.05, 3.63) is 71.0 Å². The Morgan fingerprint density at radius 1 is 1.03 bits per heavy atom. The number of benzene rings is 2. The zero-order valence-electron chi connectivity index (χ0n) is 21.2. The molecule has 2 aromatic rings. The summed E-state index contributed by atoms with van der Waals surface area (Å²) in [6.07, 6.45) is -4.09. The van der Waals surface area contributed by atoms with Crippen LogP contribution in [0.4, 0.5) is 17.6 Å². The zero-order valence-corrected chi connectivity index (χ0v) is 21.2. The van der Waals surface area contributed by atoms with Gasteiger partial charge in [-0.05, 0) is 50.5 Å². The molecule has 5 rings (SSSR count). The van der Waals surface area contributed by atoms with Gasteiger partial charge in [-0.15, -0.1) is 0 Å². The molecule has 4 atom stereocenters. The van der Waals surface area contributed by atoms with E-state index in [4.69, 9.17) is 18.9 Å². The Kier molecular flexibility index (Phi) is 7.28. The molecule has 2 aliphatic carbocycles. The van der Waals surface area contributed by atoms with Crippen LogP contribution in [0.1, 0.15) is 56.2 Å². The van der Waals surface area contributed by atoms with Crippen LogP contribution in [-0.4, -0.2) is 41.6 Å². The van der Waals surface area contributed by atoms with E-state index >= 15 is 0 Å². The van der Waals surface area contributed by atoms with E-state index in [1.807, 2.05) is 0 Å². The summed E-state index contributed by atoms with van der Waals surface area (Å²) in [4.78, 5) is 13.6. The highest BCUT2D eigenvalue weighted by Crippen LogP contribution is 2.44. The largest absolute Gasteiger partial charge is 0.416 e. The lowest BCUT2D eigenvalue weighted by atomic mass is 9.78. The lowest BCUT2D eigenvalue weighted by Gasteiger charge is -2.43. The lowest BCUT2D eigenvalue weighted by molar-refractivity contribution is -0.183. The van der Waals surface area contributed by atoms with E-state index in [-0.39, 0.29) is 38.0 Å². The average molecular weight is 538 g/mol. The van der Waals surface area contributed by atoms with Crippen LogP contribution in [0, 0.1) is 5.82 Å². The van der Waals surface area contributed by atoms with Gasteiger partial charge >= 0.3 is 6.18 Å². The first-order chi connectivity index (χ1) is 17.9. The first-order valence-electron chi connectivity index (χ1n) is 12.8. The number of carbonyl (C=O) groups is 1. The third-order valence-corrected chi connectivity index (χ3v) is 7.18. The molecule has 3 fully saturated rings. The summed E-state index contributed by atoms with van der Waals surface area (Å²) in [5.74, 6) is -1.68. The first-order valence-corrected chi connectivity index (χ1v) is 12.8. The van der Waals surface area contributed by atoms with Crippen molar-refractivity contribution in [1.82, 2.24) is 5.32 Å². The minimum atomic E-state index is -4.43. The van der Waals surface area contributed by atoms with Gasteiger partial charge in [0.15, 0.2) is 11.4 Å². The summed E-state index contributed by atoms with van der Waals surface area (Å²) in [5, 5.41) is 3.01. The monoisotopic (exact) mass is 537 g/mol. The molecule has 1 amide bonds. The first kappa shape index (κ1) is 27.1. The number of ether oxygens (including phenoxy) is 4. The Bertz CT molecular complexity index is 1150. The highest BCUT2D eigenvalue weighted by Gasteiger charge is 2.58. The van der Waals surface area contributed by atoms with E-state index in [9.17, 15) is 22.4 Å². The van der Waals surface area contributed by atoms with E-state index in [0.717, 1.165) is 25.0 Å². The summed E-state index contributed by atoms with van der Waals surface area (Å²) < 4.78 is 77.9. The van der Waals surface area contributed by atoms with Gasteiger partial charge in [-0.1, -0.05) is 30.3 Å². The van der Waals surface area contributed by atoms with Crippen LogP contribution in [0.25, 0.3) is 0 Å². The smallest absolute Gasteiger partial charge is 0.371 e. The van der Waals surface area contributed by atoms with Crippen molar-refractivity contribution in [2.45, 2.75) is 94.7 Å². The van der Waals surface area contributed by atoms with Crippen molar-refractivity contribution in [3.63, 3.8) is 0 Å². The Morgan fingerprint density at radius 2 is 1.74 bits per heavy atom. The summed E-state index contributed by atoms with van der Waals surface area (Å²) >= 11 is 0. The average Bonchev–Trinajstić information content (AvgIpc) is 3.61. The lowest BCUT2D eigenvalue weighted by Crippen LogP contribution is -2.60. The second-order valence-electron chi connectivity index (χ2n) is 10.7. The molecule has 1 aliphatic heterocycles. The normalized spacial score (nSPS) is 28.6. The SMILES string of the molecule is CC1(C)O[C@@H]2C[C@@](OCc3ccccc3F)(C(=O)NC3CC3)CC(OCc3ccc(C(F)(F)F)cc3)[C@@H]2O1. The van der Waals surface area contributed by atoms with Gasteiger partial charge in [0.05, 0.1) is 31.0 Å². The Hall–Kier alpha value is -2.53. The van der Waals surface area contributed by atoms with Gasteiger partial charge < -0.3 is 24.3 Å². The van der Waals surface area contributed by atoms with Gasteiger partial charge in [0, 0.05) is 24.4 Å². The maximum Gasteiger partial charge on any atom is 0.416 e. The van der Waals surface area contributed by atoms with Crippen molar-refractivity contribution in [2.75, 3.05) is 0 Å². The van der Waals surface area contributed by atoms with Crippen molar-refractivity contribution in [1.29, 1.82) is 0 Å². The van der Waals surface area contributed by atoms with Crippen LogP contribution in [-0.2, 0) is 43.1 Å². The van der Waals surface area contributed by atoms with Gasteiger partial charge in [-0.25, -0.2) is 4.39 Å². The van der Waals surface area contributed by atoms with E-state index < -0.39 is 47.3 Å². The molecule has 1 heterocycles. The Labute approximate surface area is 218 Å². The third-order valence-electron chi connectivity index (χ3n) is 7.18. The second-order valence-corrected chi connectivity index (χ2v) is 10.7. The molecule has 0 aromatic heterocycles. The predicted molar refractivity (Wildman–Crippen MR) is 128 cm³/mol. The molecule has 1 N–H and O–H groups in total. The van der Waals surface area contributed by atoms with Gasteiger partial charge in [-0.3, -0.25) is 4.79 Å². The number of halogens is 4. The summed E-state index contributed by atoms with van der Waals surface area (Å²) in [6, 6.07) is 11.0. The number of fused-ring (bicyclic) bond motifs is 1. The maximum atomic E-state index is 14.4. The number of rotatable bonds is 8. The molecule has 6 nitrogen and oxygen atoms in total. The molecule has 2 aromatic carbocycles. The van der Waals surface area contributed by atoms with Gasteiger partial charge in [0.25, 0.3) is 5.91 Å². The summed E-state index contributed by atoms with van der Waals surface area (Å²) in [5.41, 5.74) is -1.26. The Balaban J connectivity index is 1.38. The van der Waals surface area contributed by atoms with Crippen molar-refractivity contribution in [3.8, 4) is 0 Å². The molecule has 0 spiro atoms. The summed E-state index contributed by atoms with van der Waals surface area (Å²) in [6.45, 7) is 3.41. The fraction of sp³-hybridized carbons (Fsp3) is 0.536. The topological polar surface area (TPSA) is 66.0 Å². The minimum Gasteiger partial charge on any atom is -0.371 e. The second kappa shape index (κ2) is 10.2. The number of alkyl halides is 3. The van der Waals surface area contributed by atoms with Crippen LogP contribution in [0.5, 0.6) is 0 Å². The van der Waals surface area contributed by atoms with Gasteiger partial charge in [0.2, 0.25) is 0 Å². The fourth-order valence-corrected chi connectivity index (χ4v) is 5.08. The predicted octanol–water partition coefficient (Wildman–Crippen LogP) is 5.28. The molecule has 206 valence electrons. The Morgan fingerprint density at radius 3 is 2.39 bits per heavy atom. The van der Waals surface area contributed by atoms with Crippen LogP contribution >= 0.6 is 0 Å². The van der Waals surface area contributed by atoms with Gasteiger partial charge in [0.1, 0.15) is 11.9 Å². The summed E-state index contributed by atoms with van der Waals surface area (Å²) in [7, 11) is 0. The van der Waals surface area contributed by atoms with E-state index in [1.165, 1.54) is 18.2 Å². The van der Waals surface area contributed by atoms with Crippen LogP contribution in [0.2, 0.25) is 0 Å². The third kappa shape index (κ3) is 6.03. The molecule has 10 heteroatoms. The standard InChI is InChI=1S/C28H31F4NO5/c1-26(2)37-23-14-27(25(34)33-20-11-12-20,36-16-18-5-3-4-6-21(18)29)13-22(24(23)38-26)35-15-17-7-9-19(10-8-17)28(30,31)32/h3-10,20,22-24H,11-16H2,1-2H3,(H,33,34)/t22?,23-,24+,27-/m1/s1. The highest BCUT2D eigenvalue weighted by molar-refractivity contribution is 5.86. The molecule has 2 saturated carbocycles. The van der Waals surface area contributed by atoms with E-state index in [0.29, 0.717) is 11.1 Å². The highest BCUT2D eigenvalue weighted by atomic mass is 19.4. The number of hydrogen-bond donors (Lipinski definition) is 1. The van der Waals surface area contributed by atoms with Crippen molar-refractivity contribution < 1.29 is 41.3 Å². The maximum absolute atomic E-state index is 14.4. The number of hydrogen-bond acceptors (Lipinski definition) is 5. The van der Waals surface area contributed by atoms with Crippen LogP contribution in [0.3, 0.4) is 0 Å². The quantitative estimate of drug-likeness (QED) is 0.465. The molecule has 3 aliphatic rings.